The van der Waals surface area contributed by atoms with Crippen LogP contribution in [0, 0.1) is 4.64 Å². The van der Waals surface area contributed by atoms with Crippen molar-refractivity contribution in [3.8, 4) is 0 Å². The molecular weight excluding hydrogens is 227 g/mol. The maximum atomic E-state index is 12.6. The van der Waals surface area contributed by atoms with E-state index in [1.54, 1.807) is 0 Å². The molecule has 0 aliphatic heterocycles. The molecule has 0 saturated heterocycles. The SMILES string of the molecule is FC(F)(F)c1cccc2[nH]nnc(=S)c12. The summed E-state index contributed by atoms with van der Waals surface area (Å²) in [5.74, 6) is 0. The van der Waals surface area contributed by atoms with E-state index in [0.29, 0.717) is 0 Å². The number of H-pyrrole nitrogens is 1. The van der Waals surface area contributed by atoms with E-state index in [9.17, 15) is 13.2 Å². The Hall–Kier alpha value is -1.50. The lowest BCUT2D eigenvalue weighted by molar-refractivity contribution is -0.136. The summed E-state index contributed by atoms with van der Waals surface area (Å²) in [7, 11) is 0. The molecule has 0 spiro atoms. The highest BCUT2D eigenvalue weighted by Crippen LogP contribution is 2.33. The van der Waals surface area contributed by atoms with Gasteiger partial charge in [-0.1, -0.05) is 23.5 Å². The second kappa shape index (κ2) is 3.27. The molecule has 1 heterocycles. The van der Waals surface area contributed by atoms with Crippen molar-refractivity contribution in [2.24, 2.45) is 0 Å². The van der Waals surface area contributed by atoms with Crippen molar-refractivity contribution in [3.05, 3.63) is 28.4 Å². The first-order valence-electron chi connectivity index (χ1n) is 3.91. The smallest absolute Gasteiger partial charge is 0.259 e. The molecule has 15 heavy (non-hydrogen) atoms. The fraction of sp³-hybridized carbons (Fsp3) is 0.125. The first kappa shape index (κ1) is 10.0. The maximum Gasteiger partial charge on any atom is 0.417 e. The summed E-state index contributed by atoms with van der Waals surface area (Å²) in [5.41, 5.74) is -0.569. The minimum atomic E-state index is -4.44. The molecule has 0 atom stereocenters. The van der Waals surface area contributed by atoms with E-state index < -0.39 is 11.7 Å². The van der Waals surface area contributed by atoms with Crippen LogP contribution in [0.2, 0.25) is 0 Å². The number of aromatic nitrogens is 3. The van der Waals surface area contributed by atoms with E-state index in [1.165, 1.54) is 12.1 Å². The van der Waals surface area contributed by atoms with Gasteiger partial charge < -0.3 is 0 Å². The maximum absolute atomic E-state index is 12.6. The van der Waals surface area contributed by atoms with Crippen LogP contribution >= 0.6 is 12.2 Å². The van der Waals surface area contributed by atoms with Gasteiger partial charge in [-0.05, 0) is 12.1 Å². The fourth-order valence-corrected chi connectivity index (χ4v) is 1.55. The number of halogens is 3. The Labute approximate surface area is 86.9 Å². The van der Waals surface area contributed by atoms with Crippen LogP contribution in [0.25, 0.3) is 10.9 Å². The molecule has 0 saturated carbocycles. The molecule has 2 aromatic rings. The number of hydrogen-bond acceptors (Lipinski definition) is 3. The number of alkyl halides is 3. The van der Waals surface area contributed by atoms with Gasteiger partial charge in [0, 0.05) is 0 Å². The zero-order chi connectivity index (χ0) is 11.1. The summed E-state index contributed by atoms with van der Waals surface area (Å²) in [6, 6.07) is 3.72. The van der Waals surface area contributed by atoms with Crippen molar-refractivity contribution in [3.63, 3.8) is 0 Å². The van der Waals surface area contributed by atoms with E-state index in [-0.39, 0.29) is 15.5 Å². The highest BCUT2D eigenvalue weighted by atomic mass is 32.1. The van der Waals surface area contributed by atoms with Gasteiger partial charge in [-0.3, -0.25) is 5.10 Å². The number of hydrogen-bond donors (Lipinski definition) is 1. The second-order valence-corrected chi connectivity index (χ2v) is 3.23. The van der Waals surface area contributed by atoms with Gasteiger partial charge in [-0.2, -0.15) is 13.2 Å². The normalized spacial score (nSPS) is 11.9. The molecular formula is C8H4F3N3S. The van der Waals surface area contributed by atoms with E-state index in [1.807, 2.05) is 0 Å². The zero-order valence-corrected chi connectivity index (χ0v) is 7.99. The summed E-state index contributed by atoms with van der Waals surface area (Å²) in [4.78, 5) is 0. The molecule has 3 nitrogen and oxygen atoms in total. The lowest BCUT2D eigenvalue weighted by Gasteiger charge is -2.08. The molecule has 78 valence electrons. The summed E-state index contributed by atoms with van der Waals surface area (Å²) in [5, 5.41) is 9.04. The van der Waals surface area contributed by atoms with Gasteiger partial charge in [-0.15, -0.1) is 5.10 Å². The standard InChI is InChI=1S/C8H4F3N3S/c9-8(10,11)4-2-1-3-5-6(4)7(15)13-14-12-5/h1-3H,(H,12,13,15). The number of nitrogens with zero attached hydrogens (tertiary/aromatic N) is 2. The van der Waals surface area contributed by atoms with Crippen molar-refractivity contribution < 1.29 is 13.2 Å². The number of benzene rings is 1. The molecule has 0 unspecified atom stereocenters. The highest BCUT2D eigenvalue weighted by Gasteiger charge is 2.33. The monoisotopic (exact) mass is 231 g/mol. The topological polar surface area (TPSA) is 41.6 Å². The Balaban J connectivity index is 2.93. The van der Waals surface area contributed by atoms with E-state index in [4.69, 9.17) is 12.2 Å². The van der Waals surface area contributed by atoms with Gasteiger partial charge in [0.25, 0.3) is 0 Å². The molecule has 1 aromatic carbocycles. The lowest BCUT2D eigenvalue weighted by atomic mass is 10.1. The number of aromatic amines is 1. The lowest BCUT2D eigenvalue weighted by Crippen LogP contribution is -2.07. The van der Waals surface area contributed by atoms with Gasteiger partial charge in [0.1, 0.15) is 0 Å². The number of rotatable bonds is 0. The van der Waals surface area contributed by atoms with Crippen molar-refractivity contribution >= 4 is 23.1 Å². The predicted molar refractivity (Wildman–Crippen MR) is 49.7 cm³/mol. The molecule has 0 amide bonds. The largest absolute Gasteiger partial charge is 0.417 e. The van der Waals surface area contributed by atoms with Gasteiger partial charge in [0.15, 0.2) is 4.64 Å². The molecule has 1 aromatic heterocycles. The zero-order valence-electron chi connectivity index (χ0n) is 7.17. The summed E-state index contributed by atoms with van der Waals surface area (Å²) < 4.78 is 37.6. The van der Waals surface area contributed by atoms with E-state index in [2.05, 4.69) is 15.4 Å². The molecule has 0 aliphatic rings. The second-order valence-electron chi connectivity index (χ2n) is 2.84. The average Bonchev–Trinajstić information content (AvgIpc) is 2.16. The van der Waals surface area contributed by atoms with Gasteiger partial charge in [-0.25, -0.2) is 0 Å². The van der Waals surface area contributed by atoms with E-state index in [0.717, 1.165) is 6.07 Å². The molecule has 0 radical (unpaired) electrons. The molecule has 0 fully saturated rings. The molecule has 7 heteroatoms. The summed E-state index contributed by atoms with van der Waals surface area (Å²) in [6.07, 6.45) is -4.44. The van der Waals surface area contributed by atoms with Gasteiger partial charge >= 0.3 is 6.18 Å². The third-order valence-corrected chi connectivity index (χ3v) is 2.18. The first-order chi connectivity index (χ1) is 7.00. The Morgan fingerprint density at radius 3 is 2.67 bits per heavy atom. The van der Waals surface area contributed by atoms with E-state index >= 15 is 0 Å². The van der Waals surface area contributed by atoms with Gasteiger partial charge in [0.2, 0.25) is 0 Å². The van der Waals surface area contributed by atoms with Gasteiger partial charge in [0.05, 0.1) is 16.5 Å². The quantitative estimate of drug-likeness (QED) is 0.709. The molecule has 2 rings (SSSR count). The van der Waals surface area contributed by atoms with Crippen molar-refractivity contribution in [2.75, 3.05) is 0 Å². The first-order valence-corrected chi connectivity index (χ1v) is 4.32. The van der Waals surface area contributed by atoms with Crippen LogP contribution in [-0.4, -0.2) is 15.4 Å². The molecule has 0 bridgehead atoms. The van der Waals surface area contributed by atoms with Crippen LogP contribution in [0.15, 0.2) is 18.2 Å². The molecule has 1 N–H and O–H groups in total. The summed E-state index contributed by atoms with van der Waals surface area (Å²) >= 11 is 4.72. The summed E-state index contributed by atoms with van der Waals surface area (Å²) in [6.45, 7) is 0. The number of nitrogens with one attached hydrogen (secondary N) is 1. The van der Waals surface area contributed by atoms with Crippen molar-refractivity contribution in [2.45, 2.75) is 6.18 Å². The van der Waals surface area contributed by atoms with Crippen LogP contribution in [-0.2, 0) is 6.18 Å². The molecule has 0 aliphatic carbocycles. The Bertz CT molecular complexity index is 556. The van der Waals surface area contributed by atoms with Crippen molar-refractivity contribution in [1.29, 1.82) is 0 Å². The van der Waals surface area contributed by atoms with Crippen LogP contribution < -0.4 is 0 Å². The van der Waals surface area contributed by atoms with Crippen molar-refractivity contribution in [1.82, 2.24) is 15.4 Å². The van der Waals surface area contributed by atoms with Crippen LogP contribution in [0.1, 0.15) is 5.56 Å². The predicted octanol–water partition coefficient (Wildman–Crippen LogP) is 2.71. The Morgan fingerprint density at radius 2 is 2.00 bits per heavy atom. The van der Waals surface area contributed by atoms with Crippen LogP contribution in [0.3, 0.4) is 0 Å². The van der Waals surface area contributed by atoms with Crippen LogP contribution in [0.4, 0.5) is 13.2 Å². The number of fused-ring (bicyclic) bond motifs is 1. The minimum absolute atomic E-state index is 0.116. The average molecular weight is 231 g/mol. The Kier molecular flexibility index (Phi) is 2.18. The van der Waals surface area contributed by atoms with Crippen LogP contribution in [0.5, 0.6) is 0 Å². The third-order valence-electron chi connectivity index (χ3n) is 1.90. The fourth-order valence-electron chi connectivity index (χ4n) is 1.29. The Morgan fingerprint density at radius 1 is 1.27 bits per heavy atom. The third kappa shape index (κ3) is 1.70. The minimum Gasteiger partial charge on any atom is -0.259 e. The highest BCUT2D eigenvalue weighted by molar-refractivity contribution is 7.71.